The van der Waals surface area contributed by atoms with E-state index in [9.17, 15) is 0 Å². The lowest BCUT2D eigenvalue weighted by molar-refractivity contribution is 0.670. The first-order valence-electron chi connectivity index (χ1n) is 21.9. The molecule has 0 spiro atoms. The zero-order valence-corrected chi connectivity index (χ0v) is 35.0. The molecule has 64 heavy (non-hydrogen) atoms. The average molecular weight is 816 g/mol. The number of fused-ring (bicyclic) bond motifs is 6. The Labute approximate surface area is 372 Å². The van der Waals surface area contributed by atoms with Crippen LogP contribution in [0.15, 0.2) is 253 Å². The number of rotatable bonds is 8. The van der Waals surface area contributed by atoms with Gasteiger partial charge in [-0.15, -0.1) is 0 Å². The summed E-state index contributed by atoms with van der Waals surface area (Å²) in [6, 6.07) is 89.6. The van der Waals surface area contributed by atoms with Crippen molar-refractivity contribution in [2.45, 2.75) is 0 Å². The van der Waals surface area contributed by atoms with Gasteiger partial charge in [0.05, 0.1) is 0 Å². The highest BCUT2D eigenvalue weighted by atomic mass is 16.3. The van der Waals surface area contributed by atoms with E-state index >= 15 is 0 Å². The molecule has 12 aromatic rings. The highest BCUT2D eigenvalue weighted by Gasteiger charge is 2.16. The van der Waals surface area contributed by atoms with Gasteiger partial charge in [0.15, 0.2) is 0 Å². The lowest BCUT2D eigenvalue weighted by Gasteiger charge is -2.26. The summed E-state index contributed by atoms with van der Waals surface area (Å²) in [5.74, 6) is 0. The molecular formula is C62H41NO. The molecule has 0 saturated carbocycles. The molecular weight excluding hydrogens is 775 g/mol. The van der Waals surface area contributed by atoms with Crippen molar-refractivity contribution in [3.8, 4) is 55.6 Å². The molecule has 2 nitrogen and oxygen atoms in total. The number of furan rings is 1. The van der Waals surface area contributed by atoms with Gasteiger partial charge in [-0.2, -0.15) is 0 Å². The maximum atomic E-state index is 6.50. The molecule has 0 aliphatic heterocycles. The normalized spacial score (nSPS) is 11.4. The first-order valence-corrected chi connectivity index (χ1v) is 21.9. The first kappa shape index (κ1) is 37.3. The number of nitrogens with zero attached hydrogens (tertiary/aromatic N) is 1. The van der Waals surface area contributed by atoms with Crippen LogP contribution in [0.2, 0.25) is 0 Å². The molecule has 11 aromatic carbocycles. The molecule has 0 amide bonds. The van der Waals surface area contributed by atoms with Crippen LogP contribution in [-0.2, 0) is 0 Å². The molecule has 0 atom stereocenters. The minimum Gasteiger partial charge on any atom is -0.455 e. The van der Waals surface area contributed by atoms with Crippen molar-refractivity contribution < 1.29 is 4.42 Å². The van der Waals surface area contributed by atoms with Gasteiger partial charge in [-0.25, -0.2) is 0 Å². The van der Waals surface area contributed by atoms with Gasteiger partial charge in [0.2, 0.25) is 0 Å². The topological polar surface area (TPSA) is 16.4 Å². The Hall–Kier alpha value is -8.46. The van der Waals surface area contributed by atoms with Gasteiger partial charge in [-0.1, -0.05) is 194 Å². The lowest BCUT2D eigenvalue weighted by Crippen LogP contribution is -2.09. The molecule has 0 radical (unpaired) electrons. The summed E-state index contributed by atoms with van der Waals surface area (Å²) in [5.41, 5.74) is 16.8. The quantitative estimate of drug-likeness (QED) is 0.142. The molecule has 300 valence electrons. The molecule has 0 fully saturated rings. The smallest absolute Gasteiger partial charge is 0.143 e. The number of hydrogen-bond acceptors (Lipinski definition) is 2. The van der Waals surface area contributed by atoms with E-state index in [0.29, 0.717) is 0 Å². The minimum atomic E-state index is 0.890. The summed E-state index contributed by atoms with van der Waals surface area (Å²) in [6.45, 7) is 0. The van der Waals surface area contributed by atoms with Crippen molar-refractivity contribution in [3.63, 3.8) is 0 Å². The van der Waals surface area contributed by atoms with Gasteiger partial charge in [0.1, 0.15) is 11.2 Å². The van der Waals surface area contributed by atoms with Crippen molar-refractivity contribution >= 4 is 60.5 Å². The van der Waals surface area contributed by atoms with E-state index in [2.05, 4.69) is 248 Å². The van der Waals surface area contributed by atoms with E-state index in [1.165, 1.54) is 54.9 Å². The fourth-order valence-electron chi connectivity index (χ4n) is 9.36. The van der Waals surface area contributed by atoms with E-state index < -0.39 is 0 Å². The van der Waals surface area contributed by atoms with Gasteiger partial charge >= 0.3 is 0 Å². The van der Waals surface area contributed by atoms with Crippen molar-refractivity contribution in [3.05, 3.63) is 249 Å². The molecule has 2 heteroatoms. The van der Waals surface area contributed by atoms with Crippen molar-refractivity contribution in [1.29, 1.82) is 0 Å². The van der Waals surface area contributed by atoms with Gasteiger partial charge in [0.25, 0.3) is 0 Å². The summed E-state index contributed by atoms with van der Waals surface area (Å²) in [4.78, 5) is 2.35. The lowest BCUT2D eigenvalue weighted by atomic mass is 9.97. The summed E-state index contributed by atoms with van der Waals surface area (Å²) in [7, 11) is 0. The fourth-order valence-corrected chi connectivity index (χ4v) is 9.36. The molecule has 1 heterocycles. The maximum absolute atomic E-state index is 6.50. The van der Waals surface area contributed by atoms with Crippen LogP contribution in [0.4, 0.5) is 17.1 Å². The van der Waals surface area contributed by atoms with Crippen molar-refractivity contribution in [2.75, 3.05) is 4.90 Å². The Bertz CT molecular complexity index is 3610. The van der Waals surface area contributed by atoms with Gasteiger partial charge in [-0.05, 0) is 126 Å². The standard InChI is InChI=1S/C62H41NO/c1-3-10-42(11-4-1)43-18-20-44(21-19-43)45-24-32-53(33-25-45)63(54-34-26-46(27-35-54)50-30-38-57-52(40-50)23-22-49-14-7-8-15-56(49)57)55-36-28-47(29-37-55)51-31-39-61-60(41-51)59-17-9-16-58(62(59)64-61)48-12-5-2-6-13-48/h1-41H. The van der Waals surface area contributed by atoms with Crippen LogP contribution in [0.5, 0.6) is 0 Å². The van der Waals surface area contributed by atoms with Gasteiger partial charge in [0, 0.05) is 33.4 Å². The molecule has 0 saturated heterocycles. The number of benzene rings is 11. The predicted octanol–water partition coefficient (Wildman–Crippen LogP) is 17.7. The summed E-state index contributed by atoms with van der Waals surface area (Å²) < 4.78 is 6.50. The van der Waals surface area contributed by atoms with Crippen LogP contribution in [0.3, 0.4) is 0 Å². The molecule has 0 N–H and O–H groups in total. The molecule has 0 unspecified atom stereocenters. The van der Waals surface area contributed by atoms with E-state index in [0.717, 1.165) is 61.3 Å². The highest BCUT2D eigenvalue weighted by Crippen LogP contribution is 2.41. The minimum absolute atomic E-state index is 0.890. The molecule has 12 rings (SSSR count). The fraction of sp³-hybridized carbons (Fsp3) is 0. The predicted molar refractivity (Wildman–Crippen MR) is 271 cm³/mol. The molecule has 0 bridgehead atoms. The van der Waals surface area contributed by atoms with E-state index in [1.807, 2.05) is 6.07 Å². The third-order valence-corrected chi connectivity index (χ3v) is 12.7. The van der Waals surface area contributed by atoms with E-state index in [-0.39, 0.29) is 0 Å². The van der Waals surface area contributed by atoms with E-state index in [1.54, 1.807) is 0 Å². The Morgan fingerprint density at radius 3 is 1.31 bits per heavy atom. The Morgan fingerprint density at radius 1 is 0.250 bits per heavy atom. The number of anilines is 3. The zero-order valence-electron chi connectivity index (χ0n) is 35.0. The Kier molecular flexibility index (Phi) is 9.20. The average Bonchev–Trinajstić information content (AvgIpc) is 3.76. The van der Waals surface area contributed by atoms with Crippen LogP contribution in [0.1, 0.15) is 0 Å². The van der Waals surface area contributed by atoms with Crippen LogP contribution in [-0.4, -0.2) is 0 Å². The summed E-state index contributed by atoms with van der Waals surface area (Å²) in [6.07, 6.45) is 0. The monoisotopic (exact) mass is 815 g/mol. The van der Waals surface area contributed by atoms with Crippen molar-refractivity contribution in [2.24, 2.45) is 0 Å². The van der Waals surface area contributed by atoms with Crippen LogP contribution in [0, 0.1) is 0 Å². The van der Waals surface area contributed by atoms with Gasteiger partial charge in [-0.3, -0.25) is 0 Å². The first-order chi connectivity index (χ1) is 31.7. The highest BCUT2D eigenvalue weighted by molar-refractivity contribution is 6.11. The second-order valence-electron chi connectivity index (χ2n) is 16.5. The van der Waals surface area contributed by atoms with E-state index in [4.69, 9.17) is 4.42 Å². The molecule has 0 aliphatic carbocycles. The Balaban J connectivity index is 0.891. The number of hydrogen-bond donors (Lipinski definition) is 0. The second kappa shape index (κ2) is 15.8. The number of para-hydroxylation sites is 1. The van der Waals surface area contributed by atoms with Crippen LogP contribution >= 0.6 is 0 Å². The maximum Gasteiger partial charge on any atom is 0.143 e. The van der Waals surface area contributed by atoms with Crippen LogP contribution in [0.25, 0.3) is 99.1 Å². The largest absolute Gasteiger partial charge is 0.455 e. The summed E-state index contributed by atoms with van der Waals surface area (Å²) in [5, 5.41) is 7.31. The zero-order chi connectivity index (χ0) is 42.4. The summed E-state index contributed by atoms with van der Waals surface area (Å²) >= 11 is 0. The second-order valence-corrected chi connectivity index (χ2v) is 16.5. The Morgan fingerprint density at radius 2 is 0.688 bits per heavy atom. The third kappa shape index (κ3) is 6.79. The SMILES string of the molecule is c1ccc(-c2ccc(-c3ccc(N(c4ccc(-c5ccc6c(ccc7ccccc76)c5)cc4)c4ccc(-c5ccc6oc7c(-c8ccccc8)cccc7c6c5)cc4)cc3)cc2)cc1. The molecule has 0 aliphatic rings. The third-order valence-electron chi connectivity index (χ3n) is 12.7. The van der Waals surface area contributed by atoms with Crippen LogP contribution < -0.4 is 4.90 Å². The molecule has 1 aromatic heterocycles. The van der Waals surface area contributed by atoms with Gasteiger partial charge < -0.3 is 9.32 Å². The van der Waals surface area contributed by atoms with Crippen molar-refractivity contribution in [1.82, 2.24) is 0 Å².